The lowest BCUT2D eigenvalue weighted by Gasteiger charge is -2.12. The molecule has 1 rings (SSSR count). The first-order valence-electron chi connectivity index (χ1n) is 6.28. The predicted molar refractivity (Wildman–Crippen MR) is 76.5 cm³/mol. The van der Waals surface area contributed by atoms with Crippen LogP contribution in [-0.4, -0.2) is 51.6 Å². The maximum atomic E-state index is 12.1. The van der Waals surface area contributed by atoms with Gasteiger partial charge in [-0.3, -0.25) is 0 Å². The molecule has 0 spiro atoms. The molecule has 0 saturated heterocycles. The number of benzene rings is 1. The summed E-state index contributed by atoms with van der Waals surface area (Å²) in [7, 11) is 0.00336. The fraction of sp³-hybridized carbons (Fsp3) is 0.462. The monoisotopic (exact) mass is 300 g/mol. The molecule has 0 atom stereocenters. The van der Waals surface area contributed by atoms with Gasteiger partial charge in [0.25, 0.3) is 0 Å². The molecular formula is C13H20N2O4S. The molecule has 0 aliphatic heterocycles. The molecule has 2 N–H and O–H groups in total. The van der Waals surface area contributed by atoms with Crippen molar-refractivity contribution in [1.82, 2.24) is 9.62 Å². The van der Waals surface area contributed by atoms with E-state index in [1.54, 1.807) is 6.07 Å². The van der Waals surface area contributed by atoms with Crippen LogP contribution in [0.2, 0.25) is 0 Å². The molecule has 0 amide bonds. The van der Waals surface area contributed by atoms with Crippen LogP contribution in [0.5, 0.6) is 0 Å². The van der Waals surface area contributed by atoms with Crippen LogP contribution in [0.25, 0.3) is 0 Å². The van der Waals surface area contributed by atoms with Crippen molar-refractivity contribution in [3.05, 3.63) is 29.3 Å². The number of hydrogen-bond acceptors (Lipinski definition) is 4. The van der Waals surface area contributed by atoms with Crippen LogP contribution in [0.4, 0.5) is 0 Å². The van der Waals surface area contributed by atoms with E-state index in [9.17, 15) is 13.2 Å². The van der Waals surface area contributed by atoms with Gasteiger partial charge in [-0.2, -0.15) is 0 Å². The van der Waals surface area contributed by atoms with E-state index in [4.69, 9.17) is 5.11 Å². The summed E-state index contributed by atoms with van der Waals surface area (Å²) >= 11 is 0. The Morgan fingerprint density at radius 2 is 2.00 bits per heavy atom. The van der Waals surface area contributed by atoms with Crippen molar-refractivity contribution in [1.29, 1.82) is 0 Å². The summed E-state index contributed by atoms with van der Waals surface area (Å²) in [4.78, 5) is 13.0. The van der Waals surface area contributed by atoms with Gasteiger partial charge in [0.05, 0.1) is 10.5 Å². The van der Waals surface area contributed by atoms with Gasteiger partial charge < -0.3 is 10.0 Å². The number of aryl methyl sites for hydroxylation is 1. The zero-order valence-corrected chi connectivity index (χ0v) is 12.7. The van der Waals surface area contributed by atoms with E-state index in [0.717, 1.165) is 0 Å². The number of sulfonamides is 1. The molecule has 1 aromatic rings. The summed E-state index contributed by atoms with van der Waals surface area (Å²) in [6, 6.07) is 4.19. The van der Waals surface area contributed by atoms with Gasteiger partial charge in [-0.1, -0.05) is 13.0 Å². The van der Waals surface area contributed by atoms with E-state index in [1.165, 1.54) is 12.1 Å². The first-order chi connectivity index (χ1) is 9.27. The molecule has 0 aromatic heterocycles. The van der Waals surface area contributed by atoms with E-state index in [-0.39, 0.29) is 17.0 Å². The van der Waals surface area contributed by atoms with Crippen LogP contribution in [0.1, 0.15) is 22.8 Å². The summed E-state index contributed by atoms with van der Waals surface area (Å²) in [6.45, 7) is 2.66. The van der Waals surface area contributed by atoms with Gasteiger partial charge in [0.1, 0.15) is 0 Å². The fourth-order valence-electron chi connectivity index (χ4n) is 1.72. The fourth-order valence-corrected chi connectivity index (χ4v) is 2.76. The molecule has 0 bridgehead atoms. The van der Waals surface area contributed by atoms with Crippen LogP contribution in [-0.2, 0) is 16.4 Å². The van der Waals surface area contributed by atoms with Crippen molar-refractivity contribution in [2.75, 3.05) is 27.2 Å². The molecule has 0 aliphatic rings. The molecule has 6 nitrogen and oxygen atoms in total. The zero-order valence-electron chi connectivity index (χ0n) is 11.9. The summed E-state index contributed by atoms with van der Waals surface area (Å²) in [5.41, 5.74) is 0.646. The second-order valence-corrected chi connectivity index (χ2v) is 6.45. The van der Waals surface area contributed by atoms with E-state index < -0.39 is 16.0 Å². The van der Waals surface area contributed by atoms with Gasteiger partial charge in [0, 0.05) is 13.1 Å². The number of carboxylic acids is 1. The van der Waals surface area contributed by atoms with Gasteiger partial charge in [-0.05, 0) is 38.2 Å². The average Bonchev–Trinajstić information content (AvgIpc) is 2.37. The minimum absolute atomic E-state index is 0.0224. The third-order valence-electron chi connectivity index (χ3n) is 2.85. The van der Waals surface area contributed by atoms with Gasteiger partial charge in [-0.25, -0.2) is 17.9 Å². The number of likely N-dealkylation sites (N-methyl/N-ethyl adjacent to an activating group) is 1. The van der Waals surface area contributed by atoms with Crippen LogP contribution in [0, 0.1) is 0 Å². The maximum absolute atomic E-state index is 12.1. The Morgan fingerprint density at radius 3 is 2.50 bits per heavy atom. The van der Waals surface area contributed by atoms with Gasteiger partial charge >= 0.3 is 5.97 Å². The Kier molecular flexibility index (Phi) is 5.67. The first-order valence-corrected chi connectivity index (χ1v) is 7.77. The highest BCUT2D eigenvalue weighted by molar-refractivity contribution is 7.89. The maximum Gasteiger partial charge on any atom is 0.336 e. The lowest BCUT2D eigenvalue weighted by Crippen LogP contribution is -2.31. The van der Waals surface area contributed by atoms with E-state index in [0.29, 0.717) is 18.5 Å². The Balaban J connectivity index is 3.01. The Morgan fingerprint density at radius 1 is 1.35 bits per heavy atom. The molecule has 112 valence electrons. The van der Waals surface area contributed by atoms with Crippen molar-refractivity contribution in [2.45, 2.75) is 18.2 Å². The van der Waals surface area contributed by atoms with Gasteiger partial charge in [-0.15, -0.1) is 0 Å². The first kappa shape index (κ1) is 16.6. The minimum Gasteiger partial charge on any atom is -0.478 e. The van der Waals surface area contributed by atoms with E-state index in [1.807, 2.05) is 25.9 Å². The molecule has 7 heteroatoms. The van der Waals surface area contributed by atoms with Crippen LogP contribution < -0.4 is 4.72 Å². The number of carbonyl (C=O) groups is 1. The highest BCUT2D eigenvalue weighted by Crippen LogP contribution is 2.16. The summed E-state index contributed by atoms with van der Waals surface area (Å²) in [5.74, 6) is -1.12. The van der Waals surface area contributed by atoms with Gasteiger partial charge in [0.15, 0.2) is 0 Å². The average molecular weight is 300 g/mol. The lowest BCUT2D eigenvalue weighted by molar-refractivity contribution is 0.0695. The normalized spacial score (nSPS) is 11.8. The quantitative estimate of drug-likeness (QED) is 0.777. The number of nitrogens with one attached hydrogen (secondary N) is 1. The third-order valence-corrected chi connectivity index (χ3v) is 4.31. The zero-order chi connectivity index (χ0) is 15.3. The van der Waals surface area contributed by atoms with Gasteiger partial charge in [0.2, 0.25) is 10.0 Å². The molecule has 20 heavy (non-hydrogen) atoms. The second-order valence-electron chi connectivity index (χ2n) is 4.68. The Bertz CT molecular complexity index is 582. The lowest BCUT2D eigenvalue weighted by atomic mass is 10.1. The summed E-state index contributed by atoms with van der Waals surface area (Å²) in [5, 5.41) is 9.11. The van der Waals surface area contributed by atoms with Crippen molar-refractivity contribution < 1.29 is 18.3 Å². The largest absolute Gasteiger partial charge is 0.478 e. The number of aromatic carboxylic acids is 1. The van der Waals surface area contributed by atoms with Crippen LogP contribution >= 0.6 is 0 Å². The molecular weight excluding hydrogens is 280 g/mol. The van der Waals surface area contributed by atoms with Crippen molar-refractivity contribution >= 4 is 16.0 Å². The van der Waals surface area contributed by atoms with Crippen LogP contribution in [0.3, 0.4) is 0 Å². The Hall–Kier alpha value is -1.44. The number of rotatable bonds is 7. The van der Waals surface area contributed by atoms with Crippen molar-refractivity contribution in [3.8, 4) is 0 Å². The molecule has 0 unspecified atom stereocenters. The molecule has 0 heterocycles. The summed E-state index contributed by atoms with van der Waals surface area (Å²) in [6.07, 6.45) is 0.538. The van der Waals surface area contributed by atoms with Crippen molar-refractivity contribution in [2.24, 2.45) is 0 Å². The number of carboxylic acid groups (broad SMARTS) is 1. The highest BCUT2D eigenvalue weighted by atomic mass is 32.2. The Labute approximate surface area is 119 Å². The molecule has 1 aromatic carbocycles. The van der Waals surface area contributed by atoms with Crippen LogP contribution in [0.15, 0.2) is 23.1 Å². The van der Waals surface area contributed by atoms with E-state index in [2.05, 4.69) is 4.72 Å². The third kappa shape index (κ3) is 4.29. The molecule has 0 saturated carbocycles. The van der Waals surface area contributed by atoms with E-state index >= 15 is 0 Å². The molecule has 0 fully saturated rings. The second kappa shape index (κ2) is 6.83. The molecule has 0 radical (unpaired) electrons. The smallest absolute Gasteiger partial charge is 0.336 e. The van der Waals surface area contributed by atoms with Crippen molar-refractivity contribution in [3.63, 3.8) is 0 Å². The topological polar surface area (TPSA) is 86.7 Å². The minimum atomic E-state index is -3.68. The number of hydrogen-bond donors (Lipinski definition) is 2. The highest BCUT2D eigenvalue weighted by Gasteiger charge is 2.18. The number of nitrogens with zero attached hydrogens (tertiary/aromatic N) is 1. The standard InChI is InChI=1S/C13H20N2O4S/c1-4-10-5-6-11(9-12(10)13(16)17)20(18,19)14-7-8-15(2)3/h5-6,9,14H,4,7-8H2,1-3H3,(H,16,17). The predicted octanol–water partition coefficient (Wildman–Crippen LogP) is 0.787. The summed E-state index contributed by atoms with van der Waals surface area (Å²) < 4.78 is 26.6. The molecule has 0 aliphatic carbocycles. The SMILES string of the molecule is CCc1ccc(S(=O)(=O)NCCN(C)C)cc1C(=O)O.